The van der Waals surface area contributed by atoms with Gasteiger partial charge >= 0.3 is 0 Å². The van der Waals surface area contributed by atoms with E-state index in [2.05, 4.69) is 30.8 Å². The number of fused-ring (bicyclic) bond motifs is 2. The summed E-state index contributed by atoms with van der Waals surface area (Å²) in [5.74, 6) is -0.384. The lowest BCUT2D eigenvalue weighted by atomic mass is 9.91. The number of rotatable bonds is 18. The molecule has 2 saturated heterocycles. The van der Waals surface area contributed by atoms with Gasteiger partial charge in [0.05, 0.1) is 42.0 Å². The number of amides is 4. The van der Waals surface area contributed by atoms with Gasteiger partial charge in [0.2, 0.25) is 23.7 Å². The zero-order chi connectivity index (χ0) is 43.3. The van der Waals surface area contributed by atoms with E-state index in [1.807, 2.05) is 35.1 Å². The van der Waals surface area contributed by atoms with Crippen LogP contribution >= 0.6 is 0 Å². The number of aromatic nitrogens is 6. The number of hydrogen-bond acceptors (Lipinski definition) is 13. The molecule has 2 aromatic carbocycles. The Labute approximate surface area is 351 Å². The number of benzene rings is 2. The molecule has 0 saturated carbocycles. The minimum absolute atomic E-state index is 0.101. The molecule has 0 unspecified atom stereocenters. The number of nitrogens with one attached hydrogen (secondary N) is 2. The summed E-state index contributed by atoms with van der Waals surface area (Å²) in [5.41, 5.74) is 14.9. The van der Waals surface area contributed by atoms with Gasteiger partial charge in [-0.2, -0.15) is 5.10 Å². The molecule has 5 aromatic rings. The fourth-order valence-electron chi connectivity index (χ4n) is 7.81. The first kappa shape index (κ1) is 42.3. The van der Waals surface area contributed by atoms with Gasteiger partial charge in [-0.15, -0.1) is 0 Å². The number of primary amides is 2. The summed E-state index contributed by atoms with van der Waals surface area (Å²) in [6.45, 7) is 10.5. The largest absolute Gasteiger partial charge is 0.491 e. The van der Waals surface area contributed by atoms with Crippen molar-refractivity contribution in [3.05, 3.63) is 71.1 Å². The second-order valence-electron chi connectivity index (χ2n) is 14.9. The molecule has 2 aliphatic rings. The number of nitrogens with two attached hydrogens (primary N) is 2. The number of allylic oxidation sites excluding steroid dienone is 2. The highest BCUT2D eigenvalue weighted by Crippen LogP contribution is 2.32. The highest BCUT2D eigenvalue weighted by atomic mass is 16.6. The molecule has 1 spiro atoms. The zero-order valence-electron chi connectivity index (χ0n) is 34.7. The Morgan fingerprint density at radius 1 is 0.967 bits per heavy atom. The van der Waals surface area contributed by atoms with Gasteiger partial charge in [-0.1, -0.05) is 17.3 Å². The minimum atomic E-state index is -0.601. The summed E-state index contributed by atoms with van der Waals surface area (Å²) in [6.07, 6.45) is 6.07. The van der Waals surface area contributed by atoms with Gasteiger partial charge in [0.1, 0.15) is 22.6 Å². The Morgan fingerprint density at radius 3 is 2.43 bits per heavy atom. The maximum Gasteiger partial charge on any atom is 0.276 e. The monoisotopic (exact) mass is 837 g/mol. The van der Waals surface area contributed by atoms with E-state index in [9.17, 15) is 19.2 Å². The minimum Gasteiger partial charge on any atom is -0.491 e. The van der Waals surface area contributed by atoms with Crippen LogP contribution in [0.5, 0.6) is 5.75 Å². The summed E-state index contributed by atoms with van der Waals surface area (Å²) in [4.78, 5) is 68.9. The molecule has 0 radical (unpaired) electrons. The molecule has 322 valence electrons. The van der Waals surface area contributed by atoms with E-state index in [4.69, 9.17) is 30.8 Å². The number of anilines is 2. The first-order chi connectivity index (χ1) is 29.4. The molecular formula is C41H51N13O7. The number of aryl methyl sites for hydroxylation is 2. The van der Waals surface area contributed by atoms with Crippen molar-refractivity contribution in [3.8, 4) is 5.75 Å². The number of oxime groups is 1. The summed E-state index contributed by atoms with van der Waals surface area (Å²) >= 11 is 0. The van der Waals surface area contributed by atoms with E-state index in [1.165, 1.54) is 6.21 Å². The normalized spacial score (nSPS) is 15.2. The molecule has 2 fully saturated rings. The van der Waals surface area contributed by atoms with Crippen molar-refractivity contribution in [1.82, 2.24) is 38.7 Å². The van der Waals surface area contributed by atoms with Crippen LogP contribution in [0.4, 0.5) is 11.9 Å². The molecule has 0 aliphatic carbocycles. The molecule has 5 heterocycles. The van der Waals surface area contributed by atoms with Crippen molar-refractivity contribution >= 4 is 63.8 Å². The van der Waals surface area contributed by atoms with Crippen LogP contribution in [0.1, 0.15) is 57.2 Å². The Hall–Kier alpha value is -6.80. The molecule has 20 nitrogen and oxygen atoms in total. The smallest absolute Gasteiger partial charge is 0.276 e. The number of imidazole rings is 2. The first-order valence-electron chi connectivity index (χ1n) is 20.1. The molecular weight excluding hydrogens is 787 g/mol. The lowest BCUT2D eigenvalue weighted by Gasteiger charge is -2.53. The van der Waals surface area contributed by atoms with Crippen molar-refractivity contribution < 1.29 is 33.5 Å². The van der Waals surface area contributed by atoms with E-state index in [0.717, 1.165) is 6.54 Å². The van der Waals surface area contributed by atoms with Crippen LogP contribution in [0.3, 0.4) is 0 Å². The fourth-order valence-corrected chi connectivity index (χ4v) is 7.81. The predicted octanol–water partition coefficient (Wildman–Crippen LogP) is 2.36. The van der Waals surface area contributed by atoms with Crippen LogP contribution < -0.4 is 26.8 Å². The van der Waals surface area contributed by atoms with Crippen molar-refractivity contribution in [3.63, 3.8) is 0 Å². The molecule has 3 aromatic heterocycles. The number of likely N-dealkylation sites (tertiary alicyclic amines) is 1. The number of nitrogens with zero attached hydrogens (tertiary/aromatic N) is 9. The van der Waals surface area contributed by atoms with Crippen molar-refractivity contribution in [2.24, 2.45) is 16.6 Å². The third-order valence-electron chi connectivity index (χ3n) is 10.6. The van der Waals surface area contributed by atoms with Crippen LogP contribution in [0.2, 0.25) is 0 Å². The lowest BCUT2D eigenvalue weighted by Crippen LogP contribution is -2.70. The highest BCUT2D eigenvalue weighted by Gasteiger charge is 2.47. The van der Waals surface area contributed by atoms with E-state index >= 15 is 0 Å². The average molecular weight is 838 g/mol. The van der Waals surface area contributed by atoms with Crippen LogP contribution in [0.15, 0.2) is 53.7 Å². The van der Waals surface area contributed by atoms with Gasteiger partial charge in [-0.05, 0) is 63.6 Å². The van der Waals surface area contributed by atoms with Crippen LogP contribution in [0.25, 0.3) is 22.1 Å². The second-order valence-corrected chi connectivity index (χ2v) is 14.9. The van der Waals surface area contributed by atoms with Gasteiger partial charge in [0, 0.05) is 70.2 Å². The number of carbonyl (C=O) groups excluding carboxylic acids is 4. The molecule has 4 amide bonds. The van der Waals surface area contributed by atoms with Gasteiger partial charge in [-0.3, -0.25) is 34.1 Å². The molecule has 61 heavy (non-hydrogen) atoms. The van der Waals surface area contributed by atoms with Gasteiger partial charge < -0.3 is 45.1 Å². The van der Waals surface area contributed by atoms with Gasteiger partial charge in [0.15, 0.2) is 6.61 Å². The third-order valence-corrected chi connectivity index (χ3v) is 10.6. The van der Waals surface area contributed by atoms with E-state index in [-0.39, 0.29) is 29.9 Å². The fraction of sp³-hybridized carbons (Fsp3) is 0.415. The SMILES string of the molecule is C/C=N\OCC(=O)N1CCOC2(CN(CCCOc3cc(C(N)=O)cc4nc(NC)n(C/C=C/Cn5c(NC(=O)c6cc(C)nn6CC)nc6cc(C(N)=O)ccc65)c34)C2)C1. The molecule has 0 atom stereocenters. The average Bonchev–Trinajstić information content (AvgIpc) is 3.91. The maximum absolute atomic E-state index is 13.5. The number of ether oxygens (including phenoxy) is 2. The summed E-state index contributed by atoms with van der Waals surface area (Å²) in [5, 5.41) is 14.1. The zero-order valence-corrected chi connectivity index (χ0v) is 34.7. The van der Waals surface area contributed by atoms with E-state index in [1.54, 1.807) is 60.0 Å². The van der Waals surface area contributed by atoms with Gasteiger partial charge in [0.25, 0.3) is 11.8 Å². The highest BCUT2D eigenvalue weighted by molar-refractivity contribution is 6.03. The predicted molar refractivity (Wildman–Crippen MR) is 228 cm³/mol. The summed E-state index contributed by atoms with van der Waals surface area (Å²) in [7, 11) is 1.76. The standard InChI is InChI=1S/C41H51N13O7/c1-5-45-61-22-34(55)51-15-17-60-41(25-51)23-50(24-41)12-9-16-59-33-21-28(37(43)57)20-30-35(33)53(39(44-4)47-30)14-8-7-13-52-31-11-10-27(36(42)56)19-29(31)46-40(52)48-38(58)32-18-26(3)49-54(32)6-2/h5,7-8,10-11,18-21H,6,9,12-17,22-25H2,1-4H3,(H2,42,56)(H2,43,57)(H,44,47)(H,46,48,58)/b8-7+,45-5-. The Balaban J connectivity index is 1.04. The Bertz CT molecular complexity index is 2510. The summed E-state index contributed by atoms with van der Waals surface area (Å²) < 4.78 is 17.9. The van der Waals surface area contributed by atoms with Crippen LogP contribution in [0, 0.1) is 6.92 Å². The third kappa shape index (κ3) is 9.19. The van der Waals surface area contributed by atoms with Gasteiger partial charge in [-0.25, -0.2) is 9.97 Å². The van der Waals surface area contributed by atoms with Crippen molar-refractivity contribution in [2.75, 3.05) is 70.2 Å². The molecule has 6 N–H and O–H groups in total. The molecule has 2 aliphatic heterocycles. The maximum atomic E-state index is 13.5. The Kier molecular flexibility index (Phi) is 12.6. The second kappa shape index (κ2) is 18.2. The van der Waals surface area contributed by atoms with E-state index in [0.29, 0.717) is 116 Å². The van der Waals surface area contributed by atoms with Crippen molar-refractivity contribution in [1.29, 1.82) is 0 Å². The molecule has 7 rings (SSSR count). The van der Waals surface area contributed by atoms with E-state index < -0.39 is 17.4 Å². The molecule has 20 heteroatoms. The lowest BCUT2D eigenvalue weighted by molar-refractivity contribution is -0.190. The van der Waals surface area contributed by atoms with Crippen LogP contribution in [-0.2, 0) is 34.0 Å². The number of carbonyl (C=O) groups is 4. The quantitative estimate of drug-likeness (QED) is 0.0430. The number of morpholine rings is 1. The first-order valence-corrected chi connectivity index (χ1v) is 20.1. The van der Waals surface area contributed by atoms with Crippen molar-refractivity contribution in [2.45, 2.75) is 52.4 Å². The topological polar surface area (TPSA) is 244 Å². The number of hydrogen-bond donors (Lipinski definition) is 4. The summed E-state index contributed by atoms with van der Waals surface area (Å²) in [6, 6.07) is 9.96. The Morgan fingerprint density at radius 2 is 1.70 bits per heavy atom. The van der Waals surface area contributed by atoms with Crippen LogP contribution in [-0.4, -0.2) is 134 Å². The molecule has 0 bridgehead atoms.